The third-order valence-corrected chi connectivity index (χ3v) is 15.7. The molecule has 22 heteroatoms. The fourth-order valence-corrected chi connectivity index (χ4v) is 9.93. The van der Waals surface area contributed by atoms with Crippen molar-refractivity contribution in [2.24, 2.45) is 0 Å². The summed E-state index contributed by atoms with van der Waals surface area (Å²) in [6.45, 7) is 35.5. The van der Waals surface area contributed by atoms with Crippen LogP contribution in [0, 0.1) is 0 Å². The van der Waals surface area contributed by atoms with E-state index in [1.165, 1.54) is 73.9 Å². The van der Waals surface area contributed by atoms with Gasteiger partial charge in [-0.15, -0.1) is 11.6 Å². The third-order valence-electron chi connectivity index (χ3n) is 15.5. The highest BCUT2D eigenvalue weighted by molar-refractivity contribution is 6.28. The number of nitrogens with zero attached hydrogens (tertiary/aromatic N) is 3. The van der Waals surface area contributed by atoms with Crippen LogP contribution in [0.3, 0.4) is 0 Å². The van der Waals surface area contributed by atoms with E-state index in [0.717, 1.165) is 25.7 Å². The average Bonchev–Trinajstić information content (AvgIpc) is 0.771. The number of fused-ring (bicyclic) bond motifs is 1. The van der Waals surface area contributed by atoms with E-state index < -0.39 is 35.9 Å². The van der Waals surface area contributed by atoms with Crippen molar-refractivity contribution in [2.75, 3.05) is 110 Å². The normalized spacial score (nSPS) is 17.4. The standard InChI is InChI=1S/C72H132ClN3O18/c1-17-18-19-20-21-22-23-24-25-26-27-28-29-30-35-69(71-74-68-34-32-31-33-67(68)72(80)76(71)75(70(79)36-73)37-54(4)83-40-57(7)86-43-58(8)84-41-55(5)81-38-52(2)77)94-51-66(16)93-50-65(15)92-49-64(14)91-48-63(13)90-47-62(12)89-46-61(11)88-45-60(10)87-44-59(9)85-42-56(6)82-39-53(3)78/h31-34,52-66,69,77-78H,17-30,35-51H2,1-16H3. The van der Waals surface area contributed by atoms with Crippen LogP contribution in [0.1, 0.15) is 219 Å². The first kappa shape index (κ1) is 87.6. The van der Waals surface area contributed by atoms with Crippen molar-refractivity contribution < 1.29 is 81.3 Å². The van der Waals surface area contributed by atoms with Crippen molar-refractivity contribution in [1.82, 2.24) is 9.66 Å². The lowest BCUT2D eigenvalue weighted by molar-refractivity contribution is -0.119. The van der Waals surface area contributed by atoms with Crippen molar-refractivity contribution in [3.8, 4) is 0 Å². The summed E-state index contributed by atoms with van der Waals surface area (Å²) in [6.07, 6.45) is 13.0. The van der Waals surface area contributed by atoms with Gasteiger partial charge in [0.15, 0.2) is 5.82 Å². The van der Waals surface area contributed by atoms with Gasteiger partial charge in [0.2, 0.25) is 0 Å². The van der Waals surface area contributed by atoms with E-state index in [0.29, 0.717) is 89.2 Å². The van der Waals surface area contributed by atoms with Crippen LogP contribution in [0.2, 0.25) is 0 Å². The first-order valence-electron chi connectivity index (χ1n) is 35.8. The number of hydrogen-bond donors (Lipinski definition) is 2. The molecule has 550 valence electrons. The highest BCUT2D eigenvalue weighted by Crippen LogP contribution is 2.26. The summed E-state index contributed by atoms with van der Waals surface area (Å²) < 4.78 is 86.0. The number of alkyl halides is 1. The highest BCUT2D eigenvalue weighted by Gasteiger charge is 2.30. The van der Waals surface area contributed by atoms with Crippen LogP contribution in [0.4, 0.5) is 0 Å². The number of amides is 1. The molecule has 21 nitrogen and oxygen atoms in total. The number of para-hydroxylation sites is 1. The number of ether oxygens (including phenoxy) is 14. The van der Waals surface area contributed by atoms with Crippen molar-refractivity contribution in [2.45, 2.75) is 305 Å². The molecule has 0 bridgehead atoms. The number of aliphatic hydroxyl groups excluding tert-OH is 2. The minimum atomic E-state index is -0.683. The zero-order valence-electron chi connectivity index (χ0n) is 61.1. The van der Waals surface area contributed by atoms with Gasteiger partial charge in [-0.3, -0.25) is 9.59 Å². The Labute approximate surface area is 572 Å². The second kappa shape index (κ2) is 53.4. The number of unbranched alkanes of at least 4 members (excludes halogenated alkanes) is 13. The number of hydrogen-bond acceptors (Lipinski definition) is 19. The van der Waals surface area contributed by atoms with Crippen molar-refractivity contribution in [3.05, 3.63) is 40.4 Å². The van der Waals surface area contributed by atoms with Gasteiger partial charge in [-0.1, -0.05) is 109 Å². The summed E-state index contributed by atoms with van der Waals surface area (Å²) in [7, 11) is 0. The molecule has 2 aromatic rings. The maximum atomic E-state index is 14.8. The van der Waals surface area contributed by atoms with Crippen LogP contribution in [-0.2, 0) is 71.1 Å². The van der Waals surface area contributed by atoms with Gasteiger partial charge in [-0.25, -0.2) is 9.99 Å². The summed E-state index contributed by atoms with van der Waals surface area (Å²) in [4.78, 5) is 34.0. The summed E-state index contributed by atoms with van der Waals surface area (Å²) in [6, 6.07) is 7.15. The molecule has 2 rings (SSSR count). The lowest BCUT2D eigenvalue weighted by atomic mass is 10.0. The maximum Gasteiger partial charge on any atom is 0.280 e. The average molecular weight is 1360 g/mol. The second-order valence-electron chi connectivity index (χ2n) is 26.5. The Hall–Kier alpha value is -2.52. The van der Waals surface area contributed by atoms with Gasteiger partial charge in [0, 0.05) is 0 Å². The number of halogens is 1. The summed E-state index contributed by atoms with van der Waals surface area (Å²) in [5.74, 6) is -0.562. The van der Waals surface area contributed by atoms with Gasteiger partial charge in [-0.2, -0.15) is 4.68 Å². The van der Waals surface area contributed by atoms with Crippen LogP contribution in [0.15, 0.2) is 29.1 Å². The molecule has 94 heavy (non-hydrogen) atoms. The molecule has 1 amide bonds. The lowest BCUT2D eigenvalue weighted by Crippen LogP contribution is -2.52. The summed E-state index contributed by atoms with van der Waals surface area (Å²) in [5.41, 5.74) is 0.0845. The minimum absolute atomic E-state index is 0.00143. The number of rotatable bonds is 62. The van der Waals surface area contributed by atoms with Crippen LogP contribution in [-0.4, -0.2) is 222 Å². The number of carbonyl (C=O) groups is 1. The second-order valence-corrected chi connectivity index (χ2v) is 26.8. The van der Waals surface area contributed by atoms with Gasteiger partial charge in [0.05, 0.1) is 202 Å². The van der Waals surface area contributed by atoms with E-state index in [4.69, 9.17) is 82.9 Å². The molecular weight excluding hydrogens is 1230 g/mol. The first-order chi connectivity index (χ1) is 44.9. The molecule has 16 atom stereocenters. The Morgan fingerprint density at radius 2 is 0.691 bits per heavy atom. The maximum absolute atomic E-state index is 14.8. The predicted octanol–water partition coefficient (Wildman–Crippen LogP) is 12.1. The van der Waals surface area contributed by atoms with E-state index in [-0.39, 0.29) is 112 Å². The Balaban J connectivity index is 2.02. The number of carbonyl (C=O) groups excluding carboxylic acids is 1. The van der Waals surface area contributed by atoms with Crippen molar-refractivity contribution in [1.29, 1.82) is 0 Å². The lowest BCUT2D eigenvalue weighted by Gasteiger charge is -2.31. The van der Waals surface area contributed by atoms with Gasteiger partial charge in [-0.05, 0) is 122 Å². The summed E-state index contributed by atoms with van der Waals surface area (Å²) in [5, 5.41) is 20.7. The third kappa shape index (κ3) is 42.4. The van der Waals surface area contributed by atoms with E-state index >= 15 is 0 Å². The van der Waals surface area contributed by atoms with Crippen LogP contribution in [0.5, 0.6) is 0 Å². The Morgan fingerprint density at radius 3 is 1.00 bits per heavy atom. The monoisotopic (exact) mass is 1360 g/mol. The van der Waals surface area contributed by atoms with E-state index in [1.54, 1.807) is 32.0 Å². The molecular formula is C72H132ClN3O18. The number of aromatic nitrogens is 2. The topological polar surface area (TPSA) is 225 Å². The molecule has 1 aromatic carbocycles. The van der Waals surface area contributed by atoms with E-state index in [1.807, 2.05) is 96.1 Å². The van der Waals surface area contributed by atoms with E-state index in [9.17, 15) is 19.8 Å². The SMILES string of the molecule is CCCCCCCCCCCCCCCCC(OCC(C)OCC(C)OCC(C)OCC(C)OCC(C)OCC(C)OCC(C)OCC(C)OCC(C)OCC(C)O)c1nc2ccccc2c(=O)n1N(CC(C)OCC(C)OCC(C)OCC(C)OCC(C)O)C(=O)CCl. The Morgan fingerprint density at radius 1 is 0.415 bits per heavy atom. The van der Waals surface area contributed by atoms with Gasteiger partial charge in [0.25, 0.3) is 11.5 Å². The smallest absolute Gasteiger partial charge is 0.280 e. The molecule has 0 radical (unpaired) electrons. The molecule has 16 unspecified atom stereocenters. The zero-order chi connectivity index (χ0) is 69.6. The molecule has 0 aliphatic rings. The van der Waals surface area contributed by atoms with Crippen molar-refractivity contribution in [3.63, 3.8) is 0 Å². The van der Waals surface area contributed by atoms with Crippen LogP contribution in [0.25, 0.3) is 10.9 Å². The molecule has 0 saturated carbocycles. The van der Waals surface area contributed by atoms with Crippen LogP contribution < -0.4 is 10.6 Å². The first-order valence-corrected chi connectivity index (χ1v) is 36.3. The molecule has 0 aliphatic heterocycles. The quantitative estimate of drug-likeness (QED) is 0.0464. The number of aliphatic hydroxyl groups is 2. The predicted molar refractivity (Wildman–Crippen MR) is 372 cm³/mol. The largest absolute Gasteiger partial charge is 0.391 e. The summed E-state index contributed by atoms with van der Waals surface area (Å²) >= 11 is 6.36. The molecule has 0 saturated heterocycles. The van der Waals surface area contributed by atoms with Gasteiger partial charge < -0.3 is 76.5 Å². The van der Waals surface area contributed by atoms with Gasteiger partial charge in [0.1, 0.15) is 12.0 Å². The molecule has 2 N–H and O–H groups in total. The zero-order valence-corrected chi connectivity index (χ0v) is 61.9. The molecule has 1 heterocycles. The molecule has 0 aliphatic carbocycles. The highest BCUT2D eigenvalue weighted by atomic mass is 35.5. The molecule has 0 fully saturated rings. The fourth-order valence-electron chi connectivity index (χ4n) is 9.79. The minimum Gasteiger partial charge on any atom is -0.391 e. The van der Waals surface area contributed by atoms with Crippen LogP contribution >= 0.6 is 11.6 Å². The van der Waals surface area contributed by atoms with Crippen molar-refractivity contribution >= 4 is 28.4 Å². The molecule has 1 aromatic heterocycles. The fraction of sp³-hybridized carbons (Fsp3) is 0.875. The van der Waals surface area contributed by atoms with E-state index in [2.05, 4.69) is 6.92 Å². The Kier molecular flexibility index (Phi) is 49.7. The molecule has 0 spiro atoms. The van der Waals surface area contributed by atoms with Gasteiger partial charge >= 0.3 is 0 Å². The number of benzene rings is 1. The Bertz CT molecular complexity index is 2220.